The molecule has 2 N–H and O–H groups in total. The van der Waals surface area contributed by atoms with Gasteiger partial charge in [0.25, 0.3) is 0 Å². The average Bonchev–Trinajstić information content (AvgIpc) is 2.78. The van der Waals surface area contributed by atoms with Crippen LogP contribution in [0.15, 0.2) is 42.5 Å². The van der Waals surface area contributed by atoms with Gasteiger partial charge in [-0.2, -0.15) is 13.2 Å². The predicted octanol–water partition coefficient (Wildman–Crippen LogP) is 6.32. The second kappa shape index (κ2) is 10.4. The van der Waals surface area contributed by atoms with Crippen molar-refractivity contribution in [1.29, 1.82) is 0 Å². The lowest BCUT2D eigenvalue weighted by Gasteiger charge is -2.40. The van der Waals surface area contributed by atoms with E-state index in [4.69, 9.17) is 4.74 Å². The van der Waals surface area contributed by atoms with Crippen LogP contribution in [-0.2, 0) is 21.1 Å². The highest BCUT2D eigenvalue weighted by Crippen LogP contribution is 2.47. The maximum Gasteiger partial charge on any atom is 0.418 e. The number of alkyl halides is 3. The number of phenols is 1. The van der Waals surface area contributed by atoms with Crippen LogP contribution in [0, 0.1) is 5.92 Å². The zero-order chi connectivity index (χ0) is 26.7. The summed E-state index contributed by atoms with van der Waals surface area (Å²) in [7, 11) is 0. The Morgan fingerprint density at radius 3 is 2.17 bits per heavy atom. The molecule has 1 aliphatic rings. The van der Waals surface area contributed by atoms with Crippen LogP contribution in [-0.4, -0.2) is 41.2 Å². The summed E-state index contributed by atoms with van der Waals surface area (Å²) in [5.74, 6) is 0.142. The Labute approximate surface area is 209 Å². The van der Waals surface area contributed by atoms with Gasteiger partial charge in [0.2, 0.25) is 6.41 Å². The first kappa shape index (κ1) is 27.4. The molecule has 6 nitrogen and oxygen atoms in total. The number of halogens is 3. The number of benzene rings is 2. The second-order valence-corrected chi connectivity index (χ2v) is 10.5. The van der Waals surface area contributed by atoms with Crippen LogP contribution in [0.4, 0.5) is 23.7 Å². The van der Waals surface area contributed by atoms with Gasteiger partial charge in [-0.3, -0.25) is 4.79 Å². The number of ether oxygens (including phenoxy) is 1. The van der Waals surface area contributed by atoms with Crippen molar-refractivity contribution in [2.24, 2.45) is 5.92 Å². The van der Waals surface area contributed by atoms with E-state index in [0.29, 0.717) is 43.5 Å². The second-order valence-electron chi connectivity index (χ2n) is 10.5. The topological polar surface area (TPSA) is 78.9 Å². The molecular formula is C27H33F3N2O4. The van der Waals surface area contributed by atoms with E-state index < -0.39 is 22.8 Å². The number of carbonyl (C=O) groups is 2. The van der Waals surface area contributed by atoms with Crippen LogP contribution >= 0.6 is 0 Å². The van der Waals surface area contributed by atoms with Gasteiger partial charge in [0, 0.05) is 18.5 Å². The fourth-order valence-electron chi connectivity index (χ4n) is 4.90. The van der Waals surface area contributed by atoms with Crippen LogP contribution in [0.1, 0.15) is 63.6 Å². The number of rotatable bonds is 6. The largest absolute Gasteiger partial charge is 0.508 e. The van der Waals surface area contributed by atoms with E-state index in [0.717, 1.165) is 6.07 Å². The molecule has 36 heavy (non-hydrogen) atoms. The Kier molecular flexibility index (Phi) is 7.91. The third-order valence-corrected chi connectivity index (χ3v) is 6.64. The Bertz CT molecular complexity index is 1070. The molecule has 1 unspecified atom stereocenters. The Morgan fingerprint density at radius 1 is 1.06 bits per heavy atom. The summed E-state index contributed by atoms with van der Waals surface area (Å²) in [6.45, 7) is 8.23. The summed E-state index contributed by atoms with van der Waals surface area (Å²) < 4.78 is 47.0. The van der Waals surface area contributed by atoms with E-state index in [1.54, 1.807) is 43.9 Å². The zero-order valence-corrected chi connectivity index (χ0v) is 21.0. The van der Waals surface area contributed by atoms with Gasteiger partial charge >= 0.3 is 12.3 Å². The van der Waals surface area contributed by atoms with E-state index in [2.05, 4.69) is 5.32 Å². The van der Waals surface area contributed by atoms with Gasteiger partial charge in [0.1, 0.15) is 11.4 Å². The number of phenolic OH excluding ortho intramolecular Hbond substituents is 1. The lowest BCUT2D eigenvalue weighted by atomic mass is 9.68. The summed E-state index contributed by atoms with van der Waals surface area (Å²) in [6, 6.07) is 10.3. The number of nitrogens with zero attached hydrogens (tertiary/aromatic N) is 1. The summed E-state index contributed by atoms with van der Waals surface area (Å²) in [4.78, 5) is 25.5. The number of carbonyl (C=O) groups excluding carboxylic acids is 2. The molecule has 0 aliphatic carbocycles. The highest BCUT2D eigenvalue weighted by Gasteiger charge is 2.40. The van der Waals surface area contributed by atoms with Gasteiger partial charge in [0.05, 0.1) is 11.3 Å². The number of nitrogens with one attached hydrogen (secondary N) is 1. The third-order valence-electron chi connectivity index (χ3n) is 6.64. The number of piperidine rings is 1. The minimum Gasteiger partial charge on any atom is -0.508 e. The van der Waals surface area contributed by atoms with Gasteiger partial charge in [-0.25, -0.2) is 4.79 Å². The van der Waals surface area contributed by atoms with Crippen LogP contribution in [0.25, 0.3) is 0 Å². The molecule has 1 aliphatic heterocycles. The summed E-state index contributed by atoms with van der Waals surface area (Å²) in [6.07, 6.45) is -2.99. The Hall–Kier alpha value is -3.23. The number of hydrogen-bond donors (Lipinski definition) is 2. The molecule has 0 saturated carbocycles. The molecule has 2 amide bonds. The molecule has 0 aromatic heterocycles. The Morgan fingerprint density at radius 2 is 1.64 bits per heavy atom. The summed E-state index contributed by atoms with van der Waals surface area (Å²) in [5.41, 5.74) is -1.66. The van der Waals surface area contributed by atoms with E-state index in [1.807, 2.05) is 6.92 Å². The van der Waals surface area contributed by atoms with Gasteiger partial charge in [-0.15, -0.1) is 0 Å². The van der Waals surface area contributed by atoms with Crippen molar-refractivity contribution >= 4 is 18.2 Å². The predicted molar refractivity (Wildman–Crippen MR) is 131 cm³/mol. The number of aromatic hydroxyl groups is 1. The molecule has 0 spiro atoms. The van der Waals surface area contributed by atoms with Crippen molar-refractivity contribution in [3.63, 3.8) is 0 Å². The molecule has 1 atom stereocenters. The normalized spacial score (nSPS) is 16.8. The van der Waals surface area contributed by atoms with E-state index in [9.17, 15) is 27.9 Å². The van der Waals surface area contributed by atoms with Crippen LogP contribution < -0.4 is 5.32 Å². The molecule has 0 bridgehead atoms. The molecule has 1 fully saturated rings. The molecule has 196 valence electrons. The fourth-order valence-corrected chi connectivity index (χ4v) is 4.90. The molecular weight excluding hydrogens is 473 g/mol. The highest BCUT2D eigenvalue weighted by atomic mass is 19.4. The van der Waals surface area contributed by atoms with Crippen molar-refractivity contribution in [1.82, 2.24) is 4.90 Å². The average molecular weight is 507 g/mol. The number of likely N-dealkylation sites (tertiary alicyclic amines) is 1. The van der Waals surface area contributed by atoms with Crippen LogP contribution in [0.2, 0.25) is 0 Å². The maximum atomic E-state index is 13.9. The quantitative estimate of drug-likeness (QED) is 0.449. The van der Waals surface area contributed by atoms with E-state index in [1.165, 1.54) is 18.2 Å². The molecule has 9 heteroatoms. The lowest BCUT2D eigenvalue weighted by molar-refractivity contribution is -0.137. The molecule has 2 aromatic carbocycles. The maximum absolute atomic E-state index is 13.9. The minimum atomic E-state index is -4.66. The number of anilines is 1. The standard InChI is InChI=1S/C27H33F3N2O4/c1-25(2,3)36-24(35)32-14-12-18(13-15-32)16-26(4,19-8-10-20(34)11-9-19)21-6-5-7-22(27(28,29)30)23(21)31-17-33/h5-11,17-18,34H,12-16H2,1-4H3,(H,31,33). The van der Waals surface area contributed by atoms with Crippen molar-refractivity contribution in [3.8, 4) is 5.75 Å². The van der Waals surface area contributed by atoms with Crippen molar-refractivity contribution in [2.45, 2.75) is 64.1 Å². The van der Waals surface area contributed by atoms with Gasteiger partial charge in [-0.05, 0) is 75.3 Å². The fraction of sp³-hybridized carbons (Fsp3) is 0.481. The molecule has 2 aromatic rings. The van der Waals surface area contributed by atoms with Gasteiger partial charge < -0.3 is 20.1 Å². The highest BCUT2D eigenvalue weighted by molar-refractivity contribution is 5.78. The number of amides is 2. The van der Waals surface area contributed by atoms with E-state index >= 15 is 0 Å². The van der Waals surface area contributed by atoms with Gasteiger partial charge in [-0.1, -0.05) is 31.2 Å². The van der Waals surface area contributed by atoms with E-state index in [-0.39, 0.29) is 29.9 Å². The molecule has 1 heterocycles. The van der Waals surface area contributed by atoms with Crippen LogP contribution in [0.5, 0.6) is 5.75 Å². The van der Waals surface area contributed by atoms with Crippen molar-refractivity contribution < 1.29 is 32.6 Å². The van der Waals surface area contributed by atoms with Crippen LogP contribution in [0.3, 0.4) is 0 Å². The Balaban J connectivity index is 1.97. The zero-order valence-electron chi connectivity index (χ0n) is 21.0. The minimum absolute atomic E-state index is 0.0436. The van der Waals surface area contributed by atoms with Gasteiger partial charge in [0.15, 0.2) is 0 Å². The first-order valence-corrected chi connectivity index (χ1v) is 11.9. The first-order valence-electron chi connectivity index (χ1n) is 11.9. The molecule has 3 rings (SSSR count). The lowest BCUT2D eigenvalue weighted by Crippen LogP contribution is -2.42. The monoisotopic (exact) mass is 506 g/mol. The summed E-state index contributed by atoms with van der Waals surface area (Å²) in [5, 5.41) is 12.1. The molecule has 1 saturated heterocycles. The smallest absolute Gasteiger partial charge is 0.418 e. The summed E-state index contributed by atoms with van der Waals surface area (Å²) >= 11 is 0. The SMILES string of the molecule is CC(C)(C)OC(=O)N1CCC(CC(C)(c2ccc(O)cc2)c2cccc(C(F)(F)F)c2NC=O)CC1. The number of hydrogen-bond acceptors (Lipinski definition) is 4. The number of para-hydroxylation sites is 1. The molecule has 0 radical (unpaired) electrons. The third kappa shape index (κ3) is 6.30. The van der Waals surface area contributed by atoms with Crippen molar-refractivity contribution in [2.75, 3.05) is 18.4 Å². The van der Waals surface area contributed by atoms with Crippen molar-refractivity contribution in [3.05, 3.63) is 59.2 Å². The first-order chi connectivity index (χ1) is 16.7.